The molecule has 0 radical (unpaired) electrons. The van der Waals surface area contributed by atoms with E-state index in [2.05, 4.69) is 31.4 Å². The van der Waals surface area contributed by atoms with E-state index in [1.54, 1.807) is 35.9 Å². The molecule has 0 aliphatic heterocycles. The lowest BCUT2D eigenvalue weighted by Gasteiger charge is -2.08. The topological polar surface area (TPSA) is 69.0 Å². The van der Waals surface area contributed by atoms with Gasteiger partial charge in [-0.25, -0.2) is 4.39 Å². The largest absolute Gasteiger partial charge is 0.484 e. The standard InChI is InChI=1S/C18H14BrCl2FN4O2S/c1-26-16(8-28-15-5-3-11(20)7-12(15)21)24-25-18(26)29-9-17(27)23-14-4-2-10(19)6-13(14)22/h2-7H,8-9H2,1H3,(H,23,27). The number of benzene rings is 2. The molecule has 11 heteroatoms. The molecule has 0 saturated carbocycles. The minimum absolute atomic E-state index is 0.0470. The molecule has 0 atom stereocenters. The molecule has 1 heterocycles. The average Bonchev–Trinajstić information content (AvgIpc) is 3.01. The van der Waals surface area contributed by atoms with Crippen LogP contribution < -0.4 is 10.1 Å². The first-order valence-electron chi connectivity index (χ1n) is 8.17. The van der Waals surface area contributed by atoms with Crippen LogP contribution in [0.2, 0.25) is 10.0 Å². The molecule has 0 aliphatic carbocycles. The Labute approximate surface area is 188 Å². The number of carbonyl (C=O) groups excluding carboxylic acids is 1. The van der Waals surface area contributed by atoms with Crippen molar-refractivity contribution in [3.8, 4) is 5.75 Å². The molecule has 0 aliphatic rings. The normalized spacial score (nSPS) is 10.8. The van der Waals surface area contributed by atoms with Gasteiger partial charge in [-0.05, 0) is 36.4 Å². The number of aromatic nitrogens is 3. The van der Waals surface area contributed by atoms with Gasteiger partial charge in [0.25, 0.3) is 0 Å². The van der Waals surface area contributed by atoms with Gasteiger partial charge in [0.1, 0.15) is 18.2 Å². The summed E-state index contributed by atoms with van der Waals surface area (Å²) in [6.07, 6.45) is 0. The molecular weight excluding hydrogens is 506 g/mol. The van der Waals surface area contributed by atoms with Gasteiger partial charge in [0.15, 0.2) is 11.0 Å². The summed E-state index contributed by atoms with van der Waals surface area (Å²) in [5, 5.41) is 12.1. The number of nitrogens with one attached hydrogen (secondary N) is 1. The van der Waals surface area contributed by atoms with Gasteiger partial charge in [-0.15, -0.1) is 10.2 Å². The Bertz CT molecular complexity index is 1050. The zero-order chi connectivity index (χ0) is 21.0. The Morgan fingerprint density at radius 2 is 2.07 bits per heavy atom. The molecule has 6 nitrogen and oxygen atoms in total. The highest BCUT2D eigenvalue weighted by Gasteiger charge is 2.14. The molecule has 3 rings (SSSR count). The van der Waals surface area contributed by atoms with Crippen molar-refractivity contribution in [2.24, 2.45) is 7.05 Å². The molecular formula is C18H14BrCl2FN4O2S. The van der Waals surface area contributed by atoms with E-state index >= 15 is 0 Å². The summed E-state index contributed by atoms with van der Waals surface area (Å²) in [6, 6.07) is 9.35. The first-order valence-corrected chi connectivity index (χ1v) is 10.7. The Morgan fingerprint density at radius 3 is 2.79 bits per heavy atom. The van der Waals surface area contributed by atoms with Crippen LogP contribution in [-0.2, 0) is 18.4 Å². The van der Waals surface area contributed by atoms with Crippen molar-refractivity contribution in [2.45, 2.75) is 11.8 Å². The summed E-state index contributed by atoms with van der Waals surface area (Å²) >= 11 is 16.3. The molecule has 1 amide bonds. The van der Waals surface area contributed by atoms with E-state index in [0.29, 0.717) is 31.2 Å². The predicted molar refractivity (Wildman–Crippen MR) is 115 cm³/mol. The third-order valence-corrected chi connectivity index (χ3v) is 5.76. The summed E-state index contributed by atoms with van der Waals surface area (Å²) in [7, 11) is 1.76. The van der Waals surface area contributed by atoms with Crippen LogP contribution in [0.4, 0.5) is 10.1 Å². The highest BCUT2D eigenvalue weighted by atomic mass is 79.9. The summed E-state index contributed by atoms with van der Waals surface area (Å²) in [5.74, 6) is 0.203. The SMILES string of the molecule is Cn1c(COc2ccc(Cl)cc2Cl)nnc1SCC(=O)Nc1ccc(Br)cc1F. The number of halogens is 4. The highest BCUT2D eigenvalue weighted by Crippen LogP contribution is 2.28. The first kappa shape index (κ1) is 21.9. The molecule has 1 aromatic heterocycles. The summed E-state index contributed by atoms with van der Waals surface area (Å²) in [5.41, 5.74) is 0.116. The van der Waals surface area contributed by atoms with Crippen molar-refractivity contribution >= 4 is 62.5 Å². The van der Waals surface area contributed by atoms with Crippen molar-refractivity contribution in [2.75, 3.05) is 11.1 Å². The number of thioether (sulfide) groups is 1. The van der Waals surface area contributed by atoms with Crippen molar-refractivity contribution in [1.29, 1.82) is 0 Å². The second-order valence-electron chi connectivity index (χ2n) is 5.78. The van der Waals surface area contributed by atoms with Crippen LogP contribution in [0.15, 0.2) is 46.0 Å². The Kier molecular flexibility index (Phi) is 7.39. The molecule has 0 bridgehead atoms. The fourth-order valence-electron chi connectivity index (χ4n) is 2.24. The maximum Gasteiger partial charge on any atom is 0.234 e. The summed E-state index contributed by atoms with van der Waals surface area (Å²) < 4.78 is 21.8. The van der Waals surface area contributed by atoms with Gasteiger partial charge in [0.05, 0.1) is 16.5 Å². The van der Waals surface area contributed by atoms with Crippen LogP contribution in [0.1, 0.15) is 5.82 Å². The monoisotopic (exact) mass is 518 g/mol. The Morgan fingerprint density at radius 1 is 1.28 bits per heavy atom. The smallest absolute Gasteiger partial charge is 0.234 e. The number of ether oxygens (including phenoxy) is 1. The summed E-state index contributed by atoms with van der Waals surface area (Å²) in [4.78, 5) is 12.1. The van der Waals surface area contributed by atoms with Crippen LogP contribution in [0, 0.1) is 5.82 Å². The molecule has 152 valence electrons. The van der Waals surface area contributed by atoms with E-state index in [4.69, 9.17) is 27.9 Å². The van der Waals surface area contributed by atoms with Gasteiger partial charge in [-0.3, -0.25) is 4.79 Å². The number of nitrogens with zero attached hydrogens (tertiary/aromatic N) is 3. The van der Waals surface area contributed by atoms with E-state index in [0.717, 1.165) is 0 Å². The minimum atomic E-state index is -0.517. The molecule has 1 N–H and O–H groups in total. The van der Waals surface area contributed by atoms with Crippen LogP contribution in [0.3, 0.4) is 0 Å². The number of hydrogen-bond donors (Lipinski definition) is 1. The van der Waals surface area contributed by atoms with Gasteiger partial charge < -0.3 is 14.6 Å². The Balaban J connectivity index is 1.55. The van der Waals surface area contributed by atoms with Gasteiger partial charge in [-0.2, -0.15) is 0 Å². The molecule has 2 aromatic carbocycles. The zero-order valence-electron chi connectivity index (χ0n) is 15.0. The molecule has 0 fully saturated rings. The highest BCUT2D eigenvalue weighted by molar-refractivity contribution is 9.10. The van der Waals surface area contributed by atoms with E-state index in [1.165, 1.54) is 23.9 Å². The lowest BCUT2D eigenvalue weighted by atomic mass is 10.3. The van der Waals surface area contributed by atoms with Crippen molar-refractivity contribution in [3.63, 3.8) is 0 Å². The third kappa shape index (κ3) is 5.85. The average molecular weight is 520 g/mol. The number of hydrogen-bond acceptors (Lipinski definition) is 5. The fraction of sp³-hybridized carbons (Fsp3) is 0.167. The fourth-order valence-corrected chi connectivity index (χ4v) is 3.76. The molecule has 0 saturated heterocycles. The first-order chi connectivity index (χ1) is 13.8. The lowest BCUT2D eigenvalue weighted by Crippen LogP contribution is -2.15. The second kappa shape index (κ2) is 9.80. The molecule has 0 spiro atoms. The number of rotatable bonds is 7. The second-order valence-corrected chi connectivity index (χ2v) is 8.48. The van der Waals surface area contributed by atoms with Crippen molar-refractivity contribution in [3.05, 3.63) is 62.6 Å². The van der Waals surface area contributed by atoms with Gasteiger partial charge in [0.2, 0.25) is 5.91 Å². The van der Waals surface area contributed by atoms with Gasteiger partial charge in [-0.1, -0.05) is 50.9 Å². The number of amides is 1. The van der Waals surface area contributed by atoms with Gasteiger partial charge >= 0.3 is 0 Å². The van der Waals surface area contributed by atoms with Crippen LogP contribution >= 0.6 is 50.9 Å². The van der Waals surface area contributed by atoms with E-state index in [-0.39, 0.29) is 24.0 Å². The van der Waals surface area contributed by atoms with Crippen molar-refractivity contribution < 1.29 is 13.9 Å². The number of anilines is 1. The van der Waals surface area contributed by atoms with Gasteiger partial charge in [0, 0.05) is 16.5 Å². The molecule has 0 unspecified atom stereocenters. The maximum atomic E-state index is 13.8. The zero-order valence-corrected chi connectivity index (χ0v) is 18.9. The lowest BCUT2D eigenvalue weighted by molar-refractivity contribution is -0.113. The van der Waals surface area contributed by atoms with Crippen LogP contribution in [0.25, 0.3) is 0 Å². The van der Waals surface area contributed by atoms with E-state index in [1.807, 2.05) is 0 Å². The van der Waals surface area contributed by atoms with Crippen LogP contribution in [0.5, 0.6) is 5.75 Å². The maximum absolute atomic E-state index is 13.8. The molecule has 29 heavy (non-hydrogen) atoms. The predicted octanol–water partition coefficient (Wildman–Crippen LogP) is 5.33. The number of carbonyl (C=O) groups is 1. The summed E-state index contributed by atoms with van der Waals surface area (Å²) in [6.45, 7) is 0.141. The third-order valence-electron chi connectivity index (χ3n) is 3.71. The van der Waals surface area contributed by atoms with Crippen LogP contribution in [-0.4, -0.2) is 26.4 Å². The quantitative estimate of drug-likeness (QED) is 0.427. The molecule has 3 aromatic rings. The van der Waals surface area contributed by atoms with Crippen molar-refractivity contribution in [1.82, 2.24) is 14.8 Å². The Hall–Kier alpha value is -1.81. The van der Waals surface area contributed by atoms with E-state index < -0.39 is 5.82 Å². The minimum Gasteiger partial charge on any atom is -0.484 e. The van der Waals surface area contributed by atoms with E-state index in [9.17, 15) is 9.18 Å².